The molecule has 184 valence electrons. The Bertz CT molecular complexity index is 1170. The van der Waals surface area contributed by atoms with Crippen molar-refractivity contribution in [2.24, 2.45) is 0 Å². The molecule has 0 spiro atoms. The van der Waals surface area contributed by atoms with Gasteiger partial charge in [-0.1, -0.05) is 47.5 Å². The second-order valence-corrected chi connectivity index (χ2v) is 10.9. The van der Waals surface area contributed by atoms with Gasteiger partial charge >= 0.3 is 12.1 Å². The fourth-order valence-electron chi connectivity index (χ4n) is 2.48. The zero-order valence-corrected chi connectivity index (χ0v) is 20.8. The van der Waals surface area contributed by atoms with Crippen molar-refractivity contribution in [1.82, 2.24) is 20.1 Å². The van der Waals surface area contributed by atoms with E-state index in [-0.39, 0.29) is 32.9 Å². The lowest BCUT2D eigenvalue weighted by atomic mass is 10.3. The maximum absolute atomic E-state index is 12.1. The van der Waals surface area contributed by atoms with E-state index in [1.54, 1.807) is 12.2 Å². The summed E-state index contributed by atoms with van der Waals surface area (Å²) in [4.78, 5) is 23.3. The Morgan fingerprint density at radius 1 is 0.706 bits per heavy atom. The second-order valence-electron chi connectivity index (χ2n) is 6.69. The highest BCUT2D eigenvalue weighted by Gasteiger charge is 2.18. The molecule has 4 N–H and O–H groups in total. The molecule has 14 heteroatoms. The Kier molecular flexibility index (Phi) is 10.2. The lowest BCUT2D eigenvalue weighted by Crippen LogP contribution is -2.39. The summed E-state index contributed by atoms with van der Waals surface area (Å²) in [7, 11) is -8.08. The minimum absolute atomic E-state index is 0.132. The Balaban J connectivity index is 1.64. The van der Waals surface area contributed by atoms with E-state index >= 15 is 0 Å². The molecule has 2 aromatic rings. The number of benzene rings is 2. The first kappa shape index (κ1) is 27.4. The van der Waals surface area contributed by atoms with Crippen LogP contribution in [0.15, 0.2) is 70.5 Å². The van der Waals surface area contributed by atoms with Crippen LogP contribution < -0.4 is 20.1 Å². The van der Waals surface area contributed by atoms with Gasteiger partial charge in [-0.25, -0.2) is 35.9 Å². The van der Waals surface area contributed by atoms with E-state index in [4.69, 9.17) is 23.2 Å². The highest BCUT2D eigenvalue weighted by molar-refractivity contribution is 7.90. The van der Waals surface area contributed by atoms with Gasteiger partial charge in [-0.3, -0.25) is 0 Å². The van der Waals surface area contributed by atoms with Crippen molar-refractivity contribution in [3.8, 4) is 0 Å². The zero-order valence-electron chi connectivity index (χ0n) is 17.6. The first-order chi connectivity index (χ1) is 16.0. The smallest absolute Gasteiger partial charge is 0.328 e. The van der Waals surface area contributed by atoms with Crippen LogP contribution in [0.2, 0.25) is 10.0 Å². The molecule has 0 aliphatic heterocycles. The van der Waals surface area contributed by atoms with E-state index in [1.165, 1.54) is 48.5 Å². The van der Waals surface area contributed by atoms with Crippen molar-refractivity contribution in [1.29, 1.82) is 0 Å². The fourth-order valence-corrected chi connectivity index (χ4v) is 4.93. The summed E-state index contributed by atoms with van der Waals surface area (Å²) in [5, 5.41) is 5.27. The Labute approximate surface area is 207 Å². The average molecular weight is 549 g/mol. The molecule has 0 atom stereocenters. The summed E-state index contributed by atoms with van der Waals surface area (Å²) in [5.41, 5.74) is 0. The summed E-state index contributed by atoms with van der Waals surface area (Å²) in [6, 6.07) is 9.24. The van der Waals surface area contributed by atoms with Gasteiger partial charge in [-0.05, 0) is 49.2 Å². The molecule has 0 saturated heterocycles. The SMILES string of the molecule is O=C(NCC/C=C/CCNC(=O)NS(=O)(=O)c1cccc(Cl)c1)NS(=O)(=O)c1cccc(Cl)c1. The summed E-state index contributed by atoms with van der Waals surface area (Å²) < 4.78 is 52.2. The lowest BCUT2D eigenvalue weighted by molar-refractivity contribution is 0.245. The molecule has 0 saturated carbocycles. The molecule has 0 fully saturated rings. The van der Waals surface area contributed by atoms with Gasteiger partial charge in [0.1, 0.15) is 0 Å². The van der Waals surface area contributed by atoms with Crippen LogP contribution >= 0.6 is 23.2 Å². The van der Waals surface area contributed by atoms with Crippen molar-refractivity contribution < 1.29 is 26.4 Å². The molecule has 0 bridgehead atoms. The molecule has 4 amide bonds. The summed E-state index contributed by atoms with van der Waals surface area (Å²) in [6.45, 7) is 0.332. The number of urea groups is 2. The molecule has 0 radical (unpaired) electrons. The summed E-state index contributed by atoms with van der Waals surface area (Å²) >= 11 is 11.5. The maximum Gasteiger partial charge on any atom is 0.328 e. The highest BCUT2D eigenvalue weighted by Crippen LogP contribution is 2.16. The average Bonchev–Trinajstić information content (AvgIpc) is 2.75. The minimum atomic E-state index is -4.04. The number of carbonyl (C=O) groups excluding carboxylic acids is 2. The van der Waals surface area contributed by atoms with E-state index in [0.29, 0.717) is 12.8 Å². The van der Waals surface area contributed by atoms with Crippen molar-refractivity contribution in [2.45, 2.75) is 22.6 Å². The number of amides is 4. The number of halogens is 2. The number of nitrogens with one attached hydrogen (secondary N) is 4. The summed E-state index contributed by atoms with van der Waals surface area (Å²) in [6.07, 6.45) is 4.24. The van der Waals surface area contributed by atoms with Gasteiger partial charge in [-0.2, -0.15) is 0 Å². The first-order valence-electron chi connectivity index (χ1n) is 9.77. The lowest BCUT2D eigenvalue weighted by Gasteiger charge is -2.08. The maximum atomic E-state index is 12.1. The van der Waals surface area contributed by atoms with Gasteiger partial charge in [0.25, 0.3) is 20.0 Å². The molecule has 0 aliphatic rings. The fraction of sp³-hybridized carbons (Fsp3) is 0.200. The van der Waals surface area contributed by atoms with Gasteiger partial charge in [0.2, 0.25) is 0 Å². The molecule has 0 unspecified atom stereocenters. The predicted octanol–water partition coefficient (Wildman–Crippen LogP) is 3.01. The van der Waals surface area contributed by atoms with Crippen molar-refractivity contribution >= 4 is 55.3 Å². The number of carbonyl (C=O) groups is 2. The third-order valence-corrected chi connectivity index (χ3v) is 7.15. The highest BCUT2D eigenvalue weighted by atomic mass is 35.5. The topological polar surface area (TPSA) is 151 Å². The molecular formula is C20H22Cl2N4O6S2. The van der Waals surface area contributed by atoms with Gasteiger partial charge < -0.3 is 10.6 Å². The van der Waals surface area contributed by atoms with Crippen LogP contribution in [0.5, 0.6) is 0 Å². The third-order valence-electron chi connectivity index (χ3n) is 4.03. The Morgan fingerprint density at radius 3 is 1.44 bits per heavy atom. The van der Waals surface area contributed by atoms with Crippen LogP contribution in [0.4, 0.5) is 9.59 Å². The van der Waals surface area contributed by atoms with Crippen LogP contribution in [-0.2, 0) is 20.0 Å². The molecule has 34 heavy (non-hydrogen) atoms. The normalized spacial score (nSPS) is 11.7. The van der Waals surface area contributed by atoms with E-state index in [2.05, 4.69) is 10.6 Å². The van der Waals surface area contributed by atoms with Crippen LogP contribution in [0.3, 0.4) is 0 Å². The minimum Gasteiger partial charge on any atom is -0.337 e. The number of sulfonamides is 2. The monoisotopic (exact) mass is 548 g/mol. The van der Waals surface area contributed by atoms with Crippen LogP contribution in [0, 0.1) is 0 Å². The van der Waals surface area contributed by atoms with Crippen molar-refractivity contribution in [3.05, 3.63) is 70.7 Å². The molecule has 10 nitrogen and oxygen atoms in total. The predicted molar refractivity (Wildman–Crippen MR) is 129 cm³/mol. The van der Waals surface area contributed by atoms with Gasteiger partial charge in [0.05, 0.1) is 9.79 Å². The Morgan fingerprint density at radius 2 is 1.09 bits per heavy atom. The molecule has 2 aromatic carbocycles. The van der Waals surface area contributed by atoms with Crippen LogP contribution in [-0.4, -0.2) is 42.0 Å². The first-order valence-corrected chi connectivity index (χ1v) is 13.5. The van der Waals surface area contributed by atoms with E-state index in [0.717, 1.165) is 0 Å². The number of hydrogen-bond donors (Lipinski definition) is 4. The van der Waals surface area contributed by atoms with Gasteiger partial charge in [-0.15, -0.1) is 0 Å². The standard InChI is InChI=1S/C20H22Cl2N4O6S2/c21-15-7-5-9-17(13-15)33(29,30)25-19(27)23-11-3-1-2-4-12-24-20(28)26-34(31,32)18-10-6-8-16(22)14-18/h1-2,5-10,13-14H,3-4,11-12H2,(H2,23,25,27)(H2,24,26,28)/b2-1+. The van der Waals surface area contributed by atoms with E-state index in [9.17, 15) is 26.4 Å². The zero-order chi connectivity index (χ0) is 25.2. The third kappa shape index (κ3) is 9.21. The van der Waals surface area contributed by atoms with Crippen LogP contribution in [0.1, 0.15) is 12.8 Å². The van der Waals surface area contributed by atoms with E-state index < -0.39 is 32.1 Å². The number of rotatable bonds is 10. The number of hydrogen-bond acceptors (Lipinski definition) is 6. The summed E-state index contributed by atoms with van der Waals surface area (Å²) in [5.74, 6) is 0. The van der Waals surface area contributed by atoms with Crippen LogP contribution in [0.25, 0.3) is 0 Å². The van der Waals surface area contributed by atoms with Gasteiger partial charge in [0, 0.05) is 23.1 Å². The molecular weight excluding hydrogens is 527 g/mol. The van der Waals surface area contributed by atoms with Crippen molar-refractivity contribution in [2.75, 3.05) is 13.1 Å². The van der Waals surface area contributed by atoms with Crippen molar-refractivity contribution in [3.63, 3.8) is 0 Å². The Hall–Kier alpha value is -2.80. The molecule has 0 aromatic heterocycles. The molecule has 0 heterocycles. The molecule has 2 rings (SSSR count). The largest absolute Gasteiger partial charge is 0.337 e. The quantitative estimate of drug-likeness (QED) is 0.264. The molecule has 0 aliphatic carbocycles. The van der Waals surface area contributed by atoms with Gasteiger partial charge in [0.15, 0.2) is 0 Å². The second kappa shape index (κ2) is 12.6. The van der Waals surface area contributed by atoms with E-state index in [1.807, 2.05) is 9.44 Å².